The highest BCUT2D eigenvalue weighted by atomic mass is 16.2. The van der Waals surface area contributed by atoms with E-state index in [2.05, 4.69) is 18.8 Å². The molecule has 0 radical (unpaired) electrons. The molecule has 5 heteroatoms. The molecule has 0 bridgehead atoms. The fraction of sp³-hybridized carbons (Fsp3) is 0.692. The zero-order chi connectivity index (χ0) is 13.1. The third-order valence-corrected chi connectivity index (χ3v) is 3.73. The lowest BCUT2D eigenvalue weighted by atomic mass is 10.1. The molecule has 18 heavy (non-hydrogen) atoms. The van der Waals surface area contributed by atoms with Crippen molar-refractivity contribution in [3.63, 3.8) is 0 Å². The molecule has 2 atom stereocenters. The maximum Gasteiger partial charge on any atom is 0.274 e. The summed E-state index contributed by atoms with van der Waals surface area (Å²) in [7, 11) is 0. The third-order valence-electron chi connectivity index (χ3n) is 3.73. The van der Waals surface area contributed by atoms with E-state index >= 15 is 0 Å². The van der Waals surface area contributed by atoms with Crippen molar-refractivity contribution in [2.75, 3.05) is 6.54 Å². The molecule has 2 unspecified atom stereocenters. The third kappa shape index (κ3) is 2.41. The zero-order valence-electron chi connectivity index (χ0n) is 11.2. The fourth-order valence-corrected chi connectivity index (χ4v) is 2.71. The predicted octanol–water partition coefficient (Wildman–Crippen LogP) is 1.24. The molecule has 1 fully saturated rings. The smallest absolute Gasteiger partial charge is 0.274 e. The minimum Gasteiger partial charge on any atom is -0.335 e. The van der Waals surface area contributed by atoms with Gasteiger partial charge in [-0.25, -0.2) is 4.98 Å². The van der Waals surface area contributed by atoms with Crippen LogP contribution >= 0.6 is 0 Å². The molecule has 1 amide bonds. The molecule has 2 N–H and O–H groups in total. The van der Waals surface area contributed by atoms with Gasteiger partial charge in [0.05, 0.1) is 6.33 Å². The van der Waals surface area contributed by atoms with Crippen LogP contribution in [0.15, 0.2) is 12.5 Å². The van der Waals surface area contributed by atoms with E-state index in [0.717, 1.165) is 19.3 Å². The van der Waals surface area contributed by atoms with E-state index in [-0.39, 0.29) is 5.91 Å². The van der Waals surface area contributed by atoms with Crippen LogP contribution in [-0.4, -0.2) is 39.0 Å². The van der Waals surface area contributed by atoms with Gasteiger partial charge >= 0.3 is 0 Å². The first kappa shape index (κ1) is 13.1. The van der Waals surface area contributed by atoms with Gasteiger partial charge in [-0.05, 0) is 26.2 Å². The van der Waals surface area contributed by atoms with Gasteiger partial charge in [0.2, 0.25) is 0 Å². The zero-order valence-corrected chi connectivity index (χ0v) is 11.2. The highest BCUT2D eigenvalue weighted by Gasteiger charge is 2.34. The molecule has 0 aromatic carbocycles. The number of likely N-dealkylation sites (tertiary alicyclic amines) is 1. The van der Waals surface area contributed by atoms with Crippen LogP contribution in [0.1, 0.15) is 43.6 Å². The average molecular weight is 250 g/mol. The lowest BCUT2D eigenvalue weighted by Gasteiger charge is -2.27. The first-order valence-corrected chi connectivity index (χ1v) is 6.71. The molecule has 1 aliphatic heterocycles. The van der Waals surface area contributed by atoms with E-state index in [1.54, 1.807) is 12.5 Å². The van der Waals surface area contributed by atoms with Crippen LogP contribution in [0.2, 0.25) is 0 Å². The van der Waals surface area contributed by atoms with E-state index in [1.807, 2.05) is 9.47 Å². The molecule has 2 rings (SSSR count). The molecule has 0 spiro atoms. The molecular weight excluding hydrogens is 228 g/mol. The molecule has 0 aliphatic carbocycles. The first-order chi connectivity index (χ1) is 8.67. The number of amides is 1. The number of nitrogens with two attached hydrogens (primary N) is 1. The molecule has 1 aromatic heterocycles. The van der Waals surface area contributed by atoms with E-state index in [0.29, 0.717) is 30.9 Å². The van der Waals surface area contributed by atoms with E-state index in [9.17, 15) is 4.79 Å². The molecular formula is C13H22N4O. The van der Waals surface area contributed by atoms with Crippen molar-refractivity contribution in [2.24, 2.45) is 5.73 Å². The van der Waals surface area contributed by atoms with Crippen LogP contribution in [0.5, 0.6) is 0 Å². The summed E-state index contributed by atoms with van der Waals surface area (Å²) in [6, 6.07) is 0.689. The second-order valence-electron chi connectivity index (χ2n) is 4.99. The van der Waals surface area contributed by atoms with Crippen molar-refractivity contribution >= 4 is 5.91 Å². The number of hydrogen-bond acceptors (Lipinski definition) is 3. The van der Waals surface area contributed by atoms with Gasteiger partial charge in [-0.15, -0.1) is 0 Å². The average Bonchev–Trinajstić information content (AvgIpc) is 2.95. The number of carbonyl (C=O) groups excluding carboxylic acids is 1. The van der Waals surface area contributed by atoms with Crippen molar-refractivity contribution < 1.29 is 4.79 Å². The van der Waals surface area contributed by atoms with Crippen LogP contribution in [0.4, 0.5) is 0 Å². The molecule has 1 aliphatic rings. The van der Waals surface area contributed by atoms with Gasteiger partial charge in [0.1, 0.15) is 5.69 Å². The Labute approximate surface area is 108 Å². The SMILES string of the molecule is CCC1CCC(C)N1C(=O)c1cn(CCN)cn1. The van der Waals surface area contributed by atoms with Gasteiger partial charge in [-0.1, -0.05) is 6.92 Å². The van der Waals surface area contributed by atoms with Crippen LogP contribution in [-0.2, 0) is 6.54 Å². The summed E-state index contributed by atoms with van der Waals surface area (Å²) >= 11 is 0. The first-order valence-electron chi connectivity index (χ1n) is 6.71. The fourth-order valence-electron chi connectivity index (χ4n) is 2.71. The van der Waals surface area contributed by atoms with Crippen molar-refractivity contribution in [2.45, 2.75) is 51.7 Å². The summed E-state index contributed by atoms with van der Waals surface area (Å²) in [5, 5.41) is 0. The van der Waals surface area contributed by atoms with Crippen molar-refractivity contribution in [1.29, 1.82) is 0 Å². The van der Waals surface area contributed by atoms with Gasteiger partial charge in [-0.2, -0.15) is 0 Å². The highest BCUT2D eigenvalue weighted by molar-refractivity contribution is 5.92. The Balaban J connectivity index is 2.13. The summed E-state index contributed by atoms with van der Waals surface area (Å²) in [6.07, 6.45) is 6.69. The molecule has 2 heterocycles. The number of carbonyl (C=O) groups is 1. The molecule has 100 valence electrons. The Kier molecular flexibility index (Phi) is 4.01. The number of aromatic nitrogens is 2. The standard InChI is InChI=1S/C13H22N4O/c1-3-11-5-4-10(2)17(11)13(18)12-8-16(7-6-14)9-15-12/h8-11H,3-7,14H2,1-2H3. The second-order valence-corrected chi connectivity index (χ2v) is 4.99. The number of nitrogens with zero attached hydrogens (tertiary/aromatic N) is 3. The molecule has 0 saturated carbocycles. The predicted molar refractivity (Wildman–Crippen MR) is 70.2 cm³/mol. The number of imidazole rings is 1. The maximum atomic E-state index is 12.5. The summed E-state index contributed by atoms with van der Waals surface area (Å²) in [4.78, 5) is 18.7. The number of hydrogen-bond donors (Lipinski definition) is 1. The van der Waals surface area contributed by atoms with Crippen molar-refractivity contribution in [3.8, 4) is 0 Å². The lowest BCUT2D eigenvalue weighted by molar-refractivity contribution is 0.0670. The molecule has 5 nitrogen and oxygen atoms in total. The Bertz CT molecular complexity index is 415. The normalized spacial score (nSPS) is 23.6. The van der Waals surface area contributed by atoms with Gasteiger partial charge < -0.3 is 15.2 Å². The largest absolute Gasteiger partial charge is 0.335 e. The van der Waals surface area contributed by atoms with Crippen LogP contribution in [0.25, 0.3) is 0 Å². The summed E-state index contributed by atoms with van der Waals surface area (Å²) in [6.45, 7) is 5.51. The van der Waals surface area contributed by atoms with Crippen molar-refractivity contribution in [1.82, 2.24) is 14.5 Å². The minimum absolute atomic E-state index is 0.0580. The maximum absolute atomic E-state index is 12.5. The van der Waals surface area contributed by atoms with Gasteiger partial charge in [-0.3, -0.25) is 4.79 Å². The van der Waals surface area contributed by atoms with Crippen molar-refractivity contribution in [3.05, 3.63) is 18.2 Å². The second kappa shape index (κ2) is 5.52. The van der Waals surface area contributed by atoms with E-state index < -0.39 is 0 Å². The Morgan fingerprint density at radius 1 is 1.56 bits per heavy atom. The summed E-state index contributed by atoms with van der Waals surface area (Å²) in [5.41, 5.74) is 6.03. The summed E-state index contributed by atoms with van der Waals surface area (Å²) < 4.78 is 1.87. The highest BCUT2D eigenvalue weighted by Crippen LogP contribution is 2.27. The van der Waals surface area contributed by atoms with Gasteiger partial charge in [0, 0.05) is 31.4 Å². The van der Waals surface area contributed by atoms with Crippen LogP contribution < -0.4 is 5.73 Å². The number of rotatable bonds is 4. The van der Waals surface area contributed by atoms with E-state index in [1.165, 1.54) is 0 Å². The Morgan fingerprint density at radius 2 is 2.33 bits per heavy atom. The topological polar surface area (TPSA) is 64.2 Å². The molecule has 1 saturated heterocycles. The Hall–Kier alpha value is -1.36. The summed E-state index contributed by atoms with van der Waals surface area (Å²) in [5.74, 6) is 0.0580. The monoisotopic (exact) mass is 250 g/mol. The van der Waals surface area contributed by atoms with E-state index in [4.69, 9.17) is 5.73 Å². The minimum atomic E-state index is 0.0580. The van der Waals surface area contributed by atoms with Gasteiger partial charge in [0.15, 0.2) is 0 Å². The van der Waals surface area contributed by atoms with Crippen LogP contribution in [0.3, 0.4) is 0 Å². The lowest BCUT2D eigenvalue weighted by Crippen LogP contribution is -2.39. The molecule has 1 aromatic rings. The van der Waals surface area contributed by atoms with Crippen LogP contribution in [0, 0.1) is 0 Å². The Morgan fingerprint density at radius 3 is 3.00 bits per heavy atom. The van der Waals surface area contributed by atoms with Gasteiger partial charge in [0.25, 0.3) is 5.91 Å². The quantitative estimate of drug-likeness (QED) is 0.874.